The zero-order valence-electron chi connectivity index (χ0n) is 14.9. The van der Waals surface area contributed by atoms with Crippen molar-refractivity contribution < 1.29 is 14.4 Å². The lowest BCUT2D eigenvalue weighted by Gasteiger charge is -2.38. The minimum Gasteiger partial charge on any atom is -0.341 e. The van der Waals surface area contributed by atoms with Gasteiger partial charge in [-0.25, -0.2) is 0 Å². The highest BCUT2D eigenvalue weighted by Crippen LogP contribution is 2.49. The molecule has 5 nitrogen and oxygen atoms in total. The maximum atomic E-state index is 12.9. The average molecular weight is 332 g/mol. The largest absolute Gasteiger partial charge is 0.341 e. The monoisotopic (exact) mass is 332 g/mol. The van der Waals surface area contributed by atoms with Gasteiger partial charge in [0, 0.05) is 13.1 Å². The van der Waals surface area contributed by atoms with Gasteiger partial charge >= 0.3 is 0 Å². The van der Waals surface area contributed by atoms with E-state index >= 15 is 0 Å². The number of nitrogens with zero attached hydrogens (tertiary/aromatic N) is 2. The minimum atomic E-state index is -0.687. The first kappa shape index (κ1) is 17.2. The topological polar surface area (TPSA) is 57.7 Å². The zero-order valence-corrected chi connectivity index (χ0v) is 14.9. The van der Waals surface area contributed by atoms with Crippen LogP contribution in [0, 0.1) is 23.7 Å². The van der Waals surface area contributed by atoms with Crippen molar-refractivity contribution in [2.75, 3.05) is 13.1 Å². The predicted molar refractivity (Wildman–Crippen MR) is 90.8 cm³/mol. The molecule has 24 heavy (non-hydrogen) atoms. The molecule has 1 heterocycles. The molecule has 2 fully saturated rings. The number of hydrogen-bond acceptors (Lipinski definition) is 3. The number of fused-ring (bicyclic) bond motifs is 1. The Balaban J connectivity index is 1.80. The molecule has 4 aliphatic rings. The molecule has 0 unspecified atom stereocenters. The standard InChI is InChI=1S/C19H28N2O3/c1-4-10-20(11-5-2)17(22)12(3)21-18(23)15-13-6-7-14(9-8-13)16(15)19(21)24/h6-7,12-16H,4-5,8-11H2,1-3H3/t12-,13-,14-,15-,16+/m0/s1. The highest BCUT2D eigenvalue weighted by molar-refractivity contribution is 6.09. The third kappa shape index (κ3) is 2.58. The van der Waals surface area contributed by atoms with Crippen LogP contribution in [0.5, 0.6) is 0 Å². The first-order valence-electron chi connectivity index (χ1n) is 9.35. The molecular weight excluding hydrogens is 304 g/mol. The van der Waals surface area contributed by atoms with Crippen molar-refractivity contribution in [2.45, 2.75) is 52.5 Å². The summed E-state index contributed by atoms with van der Waals surface area (Å²) in [5.41, 5.74) is 0. The second-order valence-electron chi connectivity index (χ2n) is 7.39. The summed E-state index contributed by atoms with van der Waals surface area (Å²) in [6.07, 6.45) is 7.93. The molecule has 0 spiro atoms. The molecule has 0 N–H and O–H groups in total. The van der Waals surface area contributed by atoms with Crippen LogP contribution < -0.4 is 0 Å². The highest BCUT2D eigenvalue weighted by atomic mass is 16.2. The fraction of sp³-hybridized carbons (Fsp3) is 0.737. The summed E-state index contributed by atoms with van der Waals surface area (Å²) < 4.78 is 0. The number of imide groups is 1. The van der Waals surface area contributed by atoms with Crippen molar-refractivity contribution in [1.29, 1.82) is 0 Å². The Bertz CT molecular complexity index is 533. The van der Waals surface area contributed by atoms with Crippen LogP contribution in [0.3, 0.4) is 0 Å². The Labute approximate surface area is 144 Å². The number of rotatable bonds is 6. The summed E-state index contributed by atoms with van der Waals surface area (Å²) in [7, 11) is 0. The predicted octanol–water partition coefficient (Wildman–Crippen LogP) is 2.22. The molecule has 1 aliphatic heterocycles. The summed E-state index contributed by atoms with van der Waals surface area (Å²) in [6.45, 7) is 7.12. The SMILES string of the molecule is CCCN(CCC)C(=O)[C@H](C)N1C(=O)[C@@H]2[C@H](C1=O)[C@H]1C=C[C@H]2CC1. The number of carbonyl (C=O) groups excluding carboxylic acids is 3. The van der Waals surface area contributed by atoms with Crippen molar-refractivity contribution in [3.63, 3.8) is 0 Å². The number of carbonyl (C=O) groups is 3. The Morgan fingerprint density at radius 2 is 1.54 bits per heavy atom. The van der Waals surface area contributed by atoms with Gasteiger partial charge in [-0.3, -0.25) is 19.3 Å². The van der Waals surface area contributed by atoms with E-state index < -0.39 is 6.04 Å². The molecule has 2 bridgehead atoms. The quantitative estimate of drug-likeness (QED) is 0.553. The van der Waals surface area contributed by atoms with E-state index in [1.54, 1.807) is 11.8 Å². The van der Waals surface area contributed by atoms with Gasteiger partial charge in [0.25, 0.3) is 0 Å². The summed E-state index contributed by atoms with van der Waals surface area (Å²) in [5, 5.41) is 0. The molecule has 5 heteroatoms. The van der Waals surface area contributed by atoms with E-state index in [1.165, 1.54) is 4.90 Å². The summed E-state index contributed by atoms with van der Waals surface area (Å²) in [5.74, 6) is -0.475. The fourth-order valence-corrected chi connectivity index (χ4v) is 4.73. The second kappa shape index (κ2) is 6.69. The van der Waals surface area contributed by atoms with Crippen LogP contribution in [0.2, 0.25) is 0 Å². The molecular formula is C19H28N2O3. The number of hydrogen-bond donors (Lipinski definition) is 0. The average Bonchev–Trinajstić information content (AvgIpc) is 2.88. The highest BCUT2D eigenvalue weighted by Gasteiger charge is 2.58. The van der Waals surface area contributed by atoms with Gasteiger partial charge in [0.05, 0.1) is 11.8 Å². The molecule has 3 amide bonds. The maximum absolute atomic E-state index is 12.9. The number of likely N-dealkylation sites (tertiary alicyclic amines) is 1. The second-order valence-corrected chi connectivity index (χ2v) is 7.39. The molecule has 5 atom stereocenters. The molecule has 0 radical (unpaired) electrons. The third-order valence-electron chi connectivity index (χ3n) is 5.84. The third-order valence-corrected chi connectivity index (χ3v) is 5.84. The maximum Gasteiger partial charge on any atom is 0.245 e. The van der Waals surface area contributed by atoms with Gasteiger partial charge in [-0.05, 0) is 44.4 Å². The zero-order chi connectivity index (χ0) is 17.4. The van der Waals surface area contributed by atoms with E-state index in [1.807, 2.05) is 13.8 Å². The lowest BCUT2D eigenvalue weighted by atomic mass is 9.63. The first-order valence-corrected chi connectivity index (χ1v) is 9.35. The van der Waals surface area contributed by atoms with Gasteiger partial charge in [-0.1, -0.05) is 26.0 Å². The molecule has 3 aliphatic carbocycles. The van der Waals surface area contributed by atoms with Crippen LogP contribution in [-0.4, -0.2) is 46.7 Å². The number of amides is 3. The van der Waals surface area contributed by atoms with E-state index in [-0.39, 0.29) is 41.4 Å². The Morgan fingerprint density at radius 1 is 1.08 bits per heavy atom. The Hall–Kier alpha value is -1.65. The van der Waals surface area contributed by atoms with Crippen LogP contribution in [0.15, 0.2) is 12.2 Å². The molecule has 0 aromatic heterocycles. The summed E-state index contributed by atoms with van der Waals surface area (Å²) in [6, 6.07) is -0.687. The van der Waals surface area contributed by atoms with Gasteiger partial charge in [-0.15, -0.1) is 0 Å². The van der Waals surface area contributed by atoms with E-state index in [0.29, 0.717) is 13.1 Å². The number of allylic oxidation sites excluding steroid dienone is 2. The lowest BCUT2D eigenvalue weighted by Crippen LogP contribution is -2.50. The van der Waals surface area contributed by atoms with E-state index in [2.05, 4.69) is 12.2 Å². The molecule has 1 saturated carbocycles. The van der Waals surface area contributed by atoms with Crippen LogP contribution in [0.25, 0.3) is 0 Å². The lowest BCUT2D eigenvalue weighted by molar-refractivity contribution is -0.151. The van der Waals surface area contributed by atoms with Crippen molar-refractivity contribution >= 4 is 17.7 Å². The van der Waals surface area contributed by atoms with Crippen LogP contribution in [0.1, 0.15) is 46.5 Å². The molecule has 4 rings (SSSR count). The Kier molecular flexibility index (Phi) is 4.79. The van der Waals surface area contributed by atoms with E-state index in [9.17, 15) is 14.4 Å². The van der Waals surface area contributed by atoms with E-state index in [0.717, 1.165) is 25.7 Å². The minimum absolute atomic E-state index is 0.0978. The van der Waals surface area contributed by atoms with Crippen LogP contribution in [0.4, 0.5) is 0 Å². The molecule has 0 aromatic rings. The van der Waals surface area contributed by atoms with Gasteiger partial charge in [0.2, 0.25) is 17.7 Å². The van der Waals surface area contributed by atoms with Crippen molar-refractivity contribution in [3.8, 4) is 0 Å². The van der Waals surface area contributed by atoms with Crippen LogP contribution >= 0.6 is 0 Å². The Morgan fingerprint density at radius 3 is 1.92 bits per heavy atom. The van der Waals surface area contributed by atoms with Gasteiger partial charge < -0.3 is 4.90 Å². The van der Waals surface area contributed by atoms with Gasteiger partial charge in [0.1, 0.15) is 6.04 Å². The smallest absolute Gasteiger partial charge is 0.245 e. The van der Waals surface area contributed by atoms with Gasteiger partial charge in [-0.2, -0.15) is 0 Å². The summed E-state index contributed by atoms with van der Waals surface area (Å²) >= 11 is 0. The fourth-order valence-electron chi connectivity index (χ4n) is 4.73. The van der Waals surface area contributed by atoms with Crippen LogP contribution in [-0.2, 0) is 14.4 Å². The van der Waals surface area contributed by atoms with E-state index in [4.69, 9.17) is 0 Å². The summed E-state index contributed by atoms with van der Waals surface area (Å²) in [4.78, 5) is 41.8. The van der Waals surface area contributed by atoms with Crippen molar-refractivity contribution in [2.24, 2.45) is 23.7 Å². The van der Waals surface area contributed by atoms with Crippen molar-refractivity contribution in [3.05, 3.63) is 12.2 Å². The van der Waals surface area contributed by atoms with Gasteiger partial charge in [0.15, 0.2) is 0 Å². The first-order chi connectivity index (χ1) is 11.5. The normalized spacial score (nSPS) is 32.2. The molecule has 0 aromatic carbocycles. The molecule has 1 saturated heterocycles. The van der Waals surface area contributed by atoms with Crippen molar-refractivity contribution in [1.82, 2.24) is 9.80 Å². The molecule has 132 valence electrons.